The van der Waals surface area contributed by atoms with Gasteiger partial charge in [0.1, 0.15) is 5.82 Å². The maximum absolute atomic E-state index is 13.7. The molecule has 0 aromatic heterocycles. The topological polar surface area (TPSA) is 32.3 Å². The average Bonchev–Trinajstić information content (AvgIpc) is 2.62. The number of benzene rings is 2. The monoisotopic (exact) mass is 412 g/mol. The zero-order chi connectivity index (χ0) is 18.7. The van der Waals surface area contributed by atoms with Gasteiger partial charge in [-0.25, -0.2) is 4.39 Å². The quantitative estimate of drug-likeness (QED) is 0.696. The highest BCUT2D eigenvalue weighted by molar-refractivity contribution is 7.99. The molecule has 0 aliphatic carbocycles. The Balaban J connectivity index is 1.77. The molecule has 0 radical (unpaired) electrons. The number of thioether (sulfide) groups is 1. The Bertz CT molecular complexity index is 825. The lowest BCUT2D eigenvalue weighted by molar-refractivity contribution is 0.102. The highest BCUT2D eigenvalue weighted by Crippen LogP contribution is 2.26. The van der Waals surface area contributed by atoms with Gasteiger partial charge in [-0.05, 0) is 36.2 Å². The number of nitrogens with one attached hydrogen (secondary N) is 1. The average molecular weight is 413 g/mol. The summed E-state index contributed by atoms with van der Waals surface area (Å²) in [6.45, 7) is 4.90. The first-order chi connectivity index (χ1) is 12.4. The second kappa shape index (κ2) is 8.61. The molecule has 7 heteroatoms. The van der Waals surface area contributed by atoms with Crippen LogP contribution in [-0.4, -0.2) is 35.4 Å². The van der Waals surface area contributed by atoms with Crippen LogP contribution >= 0.6 is 35.0 Å². The molecule has 26 heavy (non-hydrogen) atoms. The van der Waals surface area contributed by atoms with Gasteiger partial charge in [0.05, 0.1) is 15.6 Å². The van der Waals surface area contributed by atoms with Crippen molar-refractivity contribution in [3.05, 3.63) is 62.9 Å². The van der Waals surface area contributed by atoms with Crippen LogP contribution in [0.1, 0.15) is 21.5 Å². The molecule has 0 spiro atoms. The first-order valence-electron chi connectivity index (χ1n) is 8.29. The molecule has 0 atom stereocenters. The van der Waals surface area contributed by atoms with Crippen molar-refractivity contribution < 1.29 is 9.18 Å². The van der Waals surface area contributed by atoms with Gasteiger partial charge in [-0.1, -0.05) is 35.3 Å². The summed E-state index contributed by atoms with van der Waals surface area (Å²) >= 11 is 13.7. The summed E-state index contributed by atoms with van der Waals surface area (Å²) in [7, 11) is 0. The second-order valence-corrected chi connectivity index (χ2v) is 8.28. The summed E-state index contributed by atoms with van der Waals surface area (Å²) in [6.07, 6.45) is 0. The highest BCUT2D eigenvalue weighted by Gasteiger charge is 2.16. The van der Waals surface area contributed by atoms with Crippen molar-refractivity contribution in [1.29, 1.82) is 0 Å². The summed E-state index contributed by atoms with van der Waals surface area (Å²) in [5, 5.41) is 2.85. The van der Waals surface area contributed by atoms with E-state index in [9.17, 15) is 9.18 Å². The number of rotatable bonds is 4. The summed E-state index contributed by atoms with van der Waals surface area (Å²) < 4.78 is 13.7. The molecule has 1 amide bonds. The van der Waals surface area contributed by atoms with Crippen molar-refractivity contribution in [1.82, 2.24) is 4.90 Å². The fraction of sp³-hybridized carbons (Fsp3) is 0.316. The first-order valence-corrected chi connectivity index (χ1v) is 10.2. The summed E-state index contributed by atoms with van der Waals surface area (Å²) in [5.41, 5.74) is 2.82. The molecule has 0 bridgehead atoms. The SMILES string of the molecule is Cc1ccc(CN2CCSCC2)cc1NC(=O)c1cc(F)c(Cl)cc1Cl. The summed E-state index contributed by atoms with van der Waals surface area (Å²) in [4.78, 5) is 14.9. The number of carbonyl (C=O) groups excluding carboxylic acids is 1. The molecule has 2 aromatic rings. The van der Waals surface area contributed by atoms with E-state index in [1.165, 1.54) is 6.07 Å². The van der Waals surface area contributed by atoms with Crippen LogP contribution in [0.4, 0.5) is 10.1 Å². The molecule has 0 unspecified atom stereocenters. The Morgan fingerprint density at radius 2 is 1.92 bits per heavy atom. The van der Waals surface area contributed by atoms with Gasteiger partial charge in [-0.3, -0.25) is 9.69 Å². The number of carbonyl (C=O) groups is 1. The van der Waals surface area contributed by atoms with E-state index in [4.69, 9.17) is 23.2 Å². The van der Waals surface area contributed by atoms with Gasteiger partial charge >= 0.3 is 0 Å². The Hall–Kier alpha value is -1.27. The normalized spacial score (nSPS) is 15.1. The van der Waals surface area contributed by atoms with Crippen LogP contribution in [-0.2, 0) is 6.54 Å². The zero-order valence-corrected chi connectivity index (χ0v) is 16.6. The van der Waals surface area contributed by atoms with E-state index in [0.717, 1.165) is 48.3 Å². The number of anilines is 1. The molecule has 3 rings (SSSR count). The number of hydrogen-bond acceptors (Lipinski definition) is 3. The number of aryl methyl sites for hydroxylation is 1. The Kier molecular flexibility index (Phi) is 6.46. The van der Waals surface area contributed by atoms with Crippen molar-refractivity contribution in [3.63, 3.8) is 0 Å². The van der Waals surface area contributed by atoms with Crippen LogP contribution in [0.5, 0.6) is 0 Å². The third-order valence-corrected chi connectivity index (χ3v) is 5.86. The molecule has 1 aliphatic heterocycles. The number of hydrogen-bond donors (Lipinski definition) is 1. The fourth-order valence-corrected chi connectivity index (χ4v) is 4.25. The molecule has 1 aliphatic rings. The molecule has 1 fully saturated rings. The second-order valence-electron chi connectivity index (χ2n) is 6.24. The van der Waals surface area contributed by atoms with E-state index in [1.54, 1.807) is 0 Å². The highest BCUT2D eigenvalue weighted by atomic mass is 35.5. The van der Waals surface area contributed by atoms with E-state index in [1.807, 2.05) is 30.8 Å². The molecule has 1 saturated heterocycles. The van der Waals surface area contributed by atoms with Gasteiger partial charge in [-0.15, -0.1) is 0 Å². The molecule has 2 aromatic carbocycles. The zero-order valence-electron chi connectivity index (χ0n) is 14.3. The van der Waals surface area contributed by atoms with Gasteiger partial charge in [-0.2, -0.15) is 11.8 Å². The summed E-state index contributed by atoms with van der Waals surface area (Å²) in [5.74, 6) is 1.17. The summed E-state index contributed by atoms with van der Waals surface area (Å²) in [6, 6.07) is 8.32. The minimum Gasteiger partial charge on any atom is -0.322 e. The largest absolute Gasteiger partial charge is 0.322 e. The van der Waals surface area contributed by atoms with Gasteiger partial charge in [0.15, 0.2) is 0 Å². The smallest absolute Gasteiger partial charge is 0.257 e. The fourth-order valence-electron chi connectivity index (χ4n) is 2.81. The Morgan fingerprint density at radius 1 is 1.19 bits per heavy atom. The predicted octanol–water partition coefficient (Wildman–Crippen LogP) is 5.24. The van der Waals surface area contributed by atoms with E-state index in [-0.39, 0.29) is 15.6 Å². The van der Waals surface area contributed by atoms with Crippen molar-refractivity contribution in [2.45, 2.75) is 13.5 Å². The van der Waals surface area contributed by atoms with Crippen LogP contribution in [0.2, 0.25) is 10.0 Å². The van der Waals surface area contributed by atoms with Crippen LogP contribution in [0.15, 0.2) is 30.3 Å². The Morgan fingerprint density at radius 3 is 2.65 bits per heavy atom. The van der Waals surface area contributed by atoms with E-state index >= 15 is 0 Å². The van der Waals surface area contributed by atoms with Crippen molar-refractivity contribution in [3.8, 4) is 0 Å². The van der Waals surface area contributed by atoms with E-state index in [2.05, 4.69) is 16.3 Å². The van der Waals surface area contributed by atoms with Gasteiger partial charge in [0.2, 0.25) is 0 Å². The molecule has 1 N–H and O–H groups in total. The van der Waals surface area contributed by atoms with Gasteiger partial charge in [0.25, 0.3) is 5.91 Å². The van der Waals surface area contributed by atoms with Crippen molar-refractivity contribution in [2.24, 2.45) is 0 Å². The minimum atomic E-state index is -0.672. The lowest BCUT2D eigenvalue weighted by Crippen LogP contribution is -2.32. The van der Waals surface area contributed by atoms with Crippen LogP contribution < -0.4 is 5.32 Å². The van der Waals surface area contributed by atoms with Crippen molar-refractivity contribution >= 4 is 46.6 Å². The number of nitrogens with zero attached hydrogens (tertiary/aromatic N) is 1. The van der Waals surface area contributed by atoms with Crippen LogP contribution in [0, 0.1) is 12.7 Å². The predicted molar refractivity (Wildman–Crippen MR) is 108 cm³/mol. The maximum atomic E-state index is 13.7. The standard InChI is InChI=1S/C19H19Cl2FN2OS/c1-12-2-3-13(11-24-4-6-26-7-5-24)8-18(12)23-19(25)14-9-17(22)16(21)10-15(14)20/h2-3,8-10H,4-7,11H2,1H3,(H,23,25). The maximum Gasteiger partial charge on any atom is 0.257 e. The Labute approximate surface area is 166 Å². The molecule has 138 valence electrons. The van der Waals surface area contributed by atoms with Crippen LogP contribution in [0.3, 0.4) is 0 Å². The molecule has 0 saturated carbocycles. The van der Waals surface area contributed by atoms with E-state index < -0.39 is 11.7 Å². The lowest BCUT2D eigenvalue weighted by Gasteiger charge is -2.26. The molecule has 3 nitrogen and oxygen atoms in total. The number of amides is 1. The van der Waals surface area contributed by atoms with E-state index in [0.29, 0.717) is 5.69 Å². The third-order valence-electron chi connectivity index (χ3n) is 4.31. The third kappa shape index (κ3) is 4.71. The minimum absolute atomic E-state index is 0.0615. The van der Waals surface area contributed by atoms with Gasteiger partial charge < -0.3 is 5.32 Å². The van der Waals surface area contributed by atoms with Crippen molar-refractivity contribution in [2.75, 3.05) is 29.9 Å². The van der Waals surface area contributed by atoms with Crippen LogP contribution in [0.25, 0.3) is 0 Å². The molecular formula is C19H19Cl2FN2OS. The number of halogens is 3. The first kappa shape index (κ1) is 19.5. The molecular weight excluding hydrogens is 394 g/mol. The van der Waals surface area contributed by atoms with Gasteiger partial charge in [0, 0.05) is 36.8 Å². The lowest BCUT2D eigenvalue weighted by atomic mass is 10.1. The molecule has 1 heterocycles.